The van der Waals surface area contributed by atoms with Gasteiger partial charge in [0, 0.05) is 19.7 Å². The van der Waals surface area contributed by atoms with Crippen molar-refractivity contribution in [3.8, 4) is 0 Å². The number of para-hydroxylation sites is 1. The van der Waals surface area contributed by atoms with Crippen molar-refractivity contribution in [3.63, 3.8) is 0 Å². The molecule has 0 N–H and O–H groups in total. The molecule has 0 radical (unpaired) electrons. The number of carbonyl (C=O) groups is 1. The summed E-state index contributed by atoms with van der Waals surface area (Å²) < 4.78 is 0. The summed E-state index contributed by atoms with van der Waals surface area (Å²) in [7, 11) is 0. The van der Waals surface area contributed by atoms with Gasteiger partial charge >= 0.3 is 0 Å². The number of fused-ring (bicyclic) bond motifs is 2. The van der Waals surface area contributed by atoms with Crippen molar-refractivity contribution in [2.75, 3.05) is 4.90 Å². The monoisotopic (exact) mass is 316 g/mol. The first-order valence-corrected chi connectivity index (χ1v) is 7.29. The van der Waals surface area contributed by atoms with Crippen LogP contribution in [-0.4, -0.2) is 12.5 Å². The van der Waals surface area contributed by atoms with Crippen molar-refractivity contribution >= 4 is 41.0 Å². The summed E-state index contributed by atoms with van der Waals surface area (Å²) in [6.45, 7) is 0. The average molecular weight is 317 g/mol. The van der Waals surface area contributed by atoms with Gasteiger partial charge in [-0.3, -0.25) is 0 Å². The quantitative estimate of drug-likeness (QED) is 0.354. The molecule has 1 heterocycles. The van der Waals surface area contributed by atoms with Crippen LogP contribution in [0.15, 0.2) is 57.4 Å². The Balaban J connectivity index is 2.23. The van der Waals surface area contributed by atoms with E-state index in [-0.39, 0.29) is 0 Å². The molecule has 0 saturated heterocycles. The van der Waals surface area contributed by atoms with Crippen LogP contribution in [0.4, 0.5) is 11.4 Å². The second kappa shape index (κ2) is 5.69. The zero-order valence-corrected chi connectivity index (χ0v) is 12.3. The van der Waals surface area contributed by atoms with Crippen LogP contribution in [0.25, 0.3) is 10.4 Å². The predicted octanol–water partition coefficient (Wildman–Crippen LogP) is 4.78. The third-order valence-electron chi connectivity index (χ3n) is 3.08. The van der Waals surface area contributed by atoms with E-state index in [4.69, 9.17) is 17.1 Å². The number of carbonyl (C=O) groups excluding carboxylic acids is 1. The van der Waals surface area contributed by atoms with Gasteiger partial charge in [0.2, 0.25) is 0 Å². The van der Waals surface area contributed by atoms with Crippen molar-refractivity contribution in [2.24, 2.45) is 5.11 Å². The summed E-state index contributed by atoms with van der Waals surface area (Å²) in [5.74, 6) is 0. The minimum Gasteiger partial charge on any atom is -0.324 e. The van der Waals surface area contributed by atoms with Gasteiger partial charge in [-0.2, -0.15) is 0 Å². The molecular weight excluding hydrogens is 308 g/mol. The van der Waals surface area contributed by atoms with E-state index in [1.807, 2.05) is 30.3 Å². The number of azide groups is 1. The summed E-state index contributed by atoms with van der Waals surface area (Å²) in [5.41, 5.74) is 10.3. The molecule has 5 nitrogen and oxygen atoms in total. The maximum absolute atomic E-state index is 11.4. The SMILES string of the molecule is [N-]=[N+]=NC(C=O)N1c2ccccc2Sc2ccc(Cl)cc21. The number of rotatable bonds is 3. The molecule has 2 aromatic carbocycles. The fourth-order valence-corrected chi connectivity index (χ4v) is 3.45. The maximum Gasteiger partial charge on any atom is 0.168 e. The molecule has 0 saturated carbocycles. The number of anilines is 2. The molecule has 0 aliphatic carbocycles. The topological polar surface area (TPSA) is 69.1 Å². The normalized spacial score (nSPS) is 13.7. The average Bonchev–Trinajstić information content (AvgIpc) is 2.51. The van der Waals surface area contributed by atoms with Crippen LogP contribution in [-0.2, 0) is 4.79 Å². The number of aldehydes is 1. The Hall–Kier alpha value is -2.14. The fraction of sp³-hybridized carbons (Fsp3) is 0.0714. The van der Waals surface area contributed by atoms with Crippen molar-refractivity contribution in [2.45, 2.75) is 16.0 Å². The molecule has 1 aliphatic heterocycles. The van der Waals surface area contributed by atoms with E-state index in [1.54, 1.807) is 28.8 Å². The van der Waals surface area contributed by atoms with Crippen molar-refractivity contribution in [1.29, 1.82) is 0 Å². The highest BCUT2D eigenvalue weighted by molar-refractivity contribution is 7.99. The van der Waals surface area contributed by atoms with Gasteiger partial charge in [-0.25, -0.2) is 0 Å². The Labute approximate surface area is 130 Å². The summed E-state index contributed by atoms with van der Waals surface area (Å²) >= 11 is 7.66. The van der Waals surface area contributed by atoms with E-state index < -0.39 is 6.17 Å². The molecule has 1 unspecified atom stereocenters. The fourth-order valence-electron chi connectivity index (χ4n) is 2.23. The summed E-state index contributed by atoms with van der Waals surface area (Å²) in [6.07, 6.45) is -0.328. The van der Waals surface area contributed by atoms with Gasteiger partial charge < -0.3 is 9.69 Å². The molecule has 104 valence electrons. The van der Waals surface area contributed by atoms with Crippen LogP contribution in [0.5, 0.6) is 0 Å². The van der Waals surface area contributed by atoms with E-state index in [0.29, 0.717) is 11.3 Å². The predicted molar refractivity (Wildman–Crippen MR) is 83.2 cm³/mol. The molecule has 1 atom stereocenters. The molecular formula is C14H9ClN4OS. The molecule has 2 aromatic rings. The Kier molecular flexibility index (Phi) is 3.75. The molecule has 0 fully saturated rings. The lowest BCUT2D eigenvalue weighted by Crippen LogP contribution is -2.32. The second-order valence-electron chi connectivity index (χ2n) is 4.31. The second-order valence-corrected chi connectivity index (χ2v) is 5.83. The molecule has 0 amide bonds. The largest absolute Gasteiger partial charge is 0.324 e. The highest BCUT2D eigenvalue weighted by Crippen LogP contribution is 2.49. The van der Waals surface area contributed by atoms with Crippen molar-refractivity contribution in [3.05, 3.63) is 57.9 Å². The standard InChI is InChI=1S/C14H9ClN4OS/c15-9-5-6-13-11(7-9)19(14(8-20)17-18-16)10-3-1-2-4-12(10)21-13/h1-8,14H. The number of benzene rings is 2. The smallest absolute Gasteiger partial charge is 0.168 e. The van der Waals surface area contributed by atoms with Crippen LogP contribution < -0.4 is 4.90 Å². The van der Waals surface area contributed by atoms with E-state index >= 15 is 0 Å². The summed E-state index contributed by atoms with van der Waals surface area (Å²) in [4.78, 5) is 17.8. The molecule has 1 aliphatic rings. The van der Waals surface area contributed by atoms with Gasteiger partial charge in [-0.1, -0.05) is 40.6 Å². The minimum absolute atomic E-state index is 0.560. The van der Waals surface area contributed by atoms with Crippen LogP contribution in [0.3, 0.4) is 0 Å². The van der Waals surface area contributed by atoms with Gasteiger partial charge in [0.25, 0.3) is 0 Å². The molecule has 0 spiro atoms. The van der Waals surface area contributed by atoms with E-state index in [1.165, 1.54) is 0 Å². The first-order chi connectivity index (χ1) is 10.2. The van der Waals surface area contributed by atoms with Crippen LogP contribution in [0.1, 0.15) is 0 Å². The number of hydrogen-bond donors (Lipinski definition) is 0. The van der Waals surface area contributed by atoms with Crippen LogP contribution in [0.2, 0.25) is 5.02 Å². The Morgan fingerprint density at radius 3 is 2.76 bits per heavy atom. The van der Waals surface area contributed by atoms with Crippen molar-refractivity contribution in [1.82, 2.24) is 0 Å². The highest BCUT2D eigenvalue weighted by atomic mass is 35.5. The van der Waals surface area contributed by atoms with Crippen LogP contribution in [0, 0.1) is 0 Å². The molecule has 21 heavy (non-hydrogen) atoms. The molecule has 7 heteroatoms. The zero-order chi connectivity index (χ0) is 14.8. The third-order valence-corrected chi connectivity index (χ3v) is 4.45. The van der Waals surface area contributed by atoms with E-state index in [2.05, 4.69) is 10.0 Å². The molecule has 3 rings (SSSR count). The van der Waals surface area contributed by atoms with E-state index in [9.17, 15) is 4.79 Å². The summed E-state index contributed by atoms with van der Waals surface area (Å²) in [5, 5.41) is 4.14. The third kappa shape index (κ3) is 2.45. The summed E-state index contributed by atoms with van der Waals surface area (Å²) in [6, 6.07) is 13.1. The van der Waals surface area contributed by atoms with Gasteiger partial charge in [0.05, 0.1) is 11.4 Å². The first-order valence-electron chi connectivity index (χ1n) is 6.10. The minimum atomic E-state index is -0.950. The van der Waals surface area contributed by atoms with Gasteiger partial charge in [-0.15, -0.1) is 0 Å². The Morgan fingerprint density at radius 2 is 2.00 bits per heavy atom. The van der Waals surface area contributed by atoms with Crippen LogP contribution >= 0.6 is 23.4 Å². The molecule has 0 aromatic heterocycles. The zero-order valence-electron chi connectivity index (χ0n) is 10.7. The lowest BCUT2D eigenvalue weighted by Gasteiger charge is -2.34. The first kappa shape index (κ1) is 13.8. The molecule has 0 bridgehead atoms. The highest BCUT2D eigenvalue weighted by Gasteiger charge is 2.28. The number of halogens is 1. The van der Waals surface area contributed by atoms with Gasteiger partial charge in [0.1, 0.15) is 6.29 Å². The lowest BCUT2D eigenvalue weighted by atomic mass is 10.2. The van der Waals surface area contributed by atoms with Gasteiger partial charge in [0.15, 0.2) is 6.17 Å². The van der Waals surface area contributed by atoms with Gasteiger partial charge in [-0.05, 0) is 35.9 Å². The lowest BCUT2D eigenvalue weighted by molar-refractivity contribution is -0.108. The van der Waals surface area contributed by atoms with E-state index in [0.717, 1.165) is 21.2 Å². The Bertz CT molecular complexity index is 760. The maximum atomic E-state index is 11.4. The number of hydrogen-bond acceptors (Lipinski definition) is 4. The number of nitrogens with zero attached hydrogens (tertiary/aromatic N) is 4. The van der Waals surface area contributed by atoms with Crippen molar-refractivity contribution < 1.29 is 4.79 Å². The Morgan fingerprint density at radius 1 is 1.24 bits per heavy atom.